The number of carbonyl (C=O) groups is 4. The molecule has 2 aromatic carbocycles. The first-order valence-electron chi connectivity index (χ1n) is 23.5. The zero-order valence-electron chi connectivity index (χ0n) is 41.9. The van der Waals surface area contributed by atoms with Crippen molar-refractivity contribution in [1.29, 1.82) is 0 Å². The quantitative estimate of drug-likeness (QED) is 0.0295. The second kappa shape index (κ2) is 27.0. The molecule has 21 heteroatoms. The molecule has 0 saturated heterocycles. The number of ether oxygens (including phenoxy) is 2. The van der Waals surface area contributed by atoms with Gasteiger partial charge < -0.3 is 35.6 Å². The van der Waals surface area contributed by atoms with E-state index in [0.29, 0.717) is 69.2 Å². The minimum atomic E-state index is -0.558. The van der Waals surface area contributed by atoms with E-state index < -0.39 is 24.2 Å². The Morgan fingerprint density at radius 2 is 1.03 bits per heavy atom. The fourth-order valence-corrected chi connectivity index (χ4v) is 7.73. The Labute approximate surface area is 409 Å². The van der Waals surface area contributed by atoms with Gasteiger partial charge in [-0.15, -0.1) is 0 Å². The van der Waals surface area contributed by atoms with Crippen LogP contribution < -0.4 is 47.9 Å². The van der Waals surface area contributed by atoms with Crippen molar-refractivity contribution < 1.29 is 28.7 Å². The van der Waals surface area contributed by atoms with Gasteiger partial charge in [0.2, 0.25) is 11.9 Å². The number of aromatic nitrogens is 4. The topological polar surface area (TPSA) is 278 Å². The Morgan fingerprint density at radius 1 is 0.629 bits per heavy atom. The first-order chi connectivity index (χ1) is 33.1. The van der Waals surface area contributed by atoms with Crippen LogP contribution in [-0.4, -0.2) is 96.7 Å². The maximum Gasteiger partial charge on any atom is 0.407 e. The van der Waals surface area contributed by atoms with Crippen molar-refractivity contribution in [3.63, 3.8) is 0 Å². The summed E-state index contributed by atoms with van der Waals surface area (Å²) >= 11 is 0. The van der Waals surface area contributed by atoms with Gasteiger partial charge in [-0.1, -0.05) is 59.2 Å². The molecule has 0 aliphatic carbocycles. The molecule has 70 heavy (non-hydrogen) atoms. The van der Waals surface area contributed by atoms with Gasteiger partial charge in [-0.3, -0.25) is 30.2 Å². The number of H-pyrrole nitrogens is 2. The van der Waals surface area contributed by atoms with Gasteiger partial charge in [-0.25, -0.2) is 29.1 Å². The first kappa shape index (κ1) is 55.3. The monoisotopic (exact) mass is 970 g/mol. The Balaban J connectivity index is 1.21. The number of alkyl carbamates (subject to hydrolysis) is 2. The van der Waals surface area contributed by atoms with Crippen molar-refractivity contribution in [2.75, 3.05) is 68.0 Å². The van der Waals surface area contributed by atoms with Crippen LogP contribution in [-0.2, 0) is 9.47 Å². The van der Waals surface area contributed by atoms with E-state index in [-0.39, 0.29) is 58.9 Å². The van der Waals surface area contributed by atoms with Crippen LogP contribution in [0.2, 0.25) is 0 Å². The lowest BCUT2D eigenvalue weighted by molar-refractivity contribution is 0.136. The highest BCUT2D eigenvalue weighted by molar-refractivity contribution is 5.87. The van der Waals surface area contributed by atoms with Gasteiger partial charge in [0, 0.05) is 55.4 Å². The van der Waals surface area contributed by atoms with Crippen LogP contribution >= 0.6 is 0 Å². The zero-order chi connectivity index (χ0) is 51.3. The van der Waals surface area contributed by atoms with Crippen molar-refractivity contribution in [2.24, 2.45) is 32.9 Å². The average Bonchev–Trinajstić information content (AvgIpc) is 3.26. The number of nitrogens with one attached hydrogen (secondary N) is 8. The number of azo groups is 1. The van der Waals surface area contributed by atoms with Crippen molar-refractivity contribution in [1.82, 2.24) is 41.2 Å². The Hall–Kier alpha value is -7.32. The highest BCUT2D eigenvalue weighted by atomic mass is 16.6. The van der Waals surface area contributed by atoms with Gasteiger partial charge in [-0.2, -0.15) is 10.2 Å². The van der Waals surface area contributed by atoms with Crippen LogP contribution in [0.4, 0.5) is 48.1 Å². The fraction of sp³-hybridized carbons (Fsp3) is 0.510. The third-order valence-electron chi connectivity index (χ3n) is 11.0. The average molecular weight is 970 g/mol. The summed E-state index contributed by atoms with van der Waals surface area (Å²) in [6.45, 7) is 20.0. The number of nitrogens with zero attached hydrogens (tertiary/aromatic N) is 5. The SMILES string of the molecule is Cc1ccc(N=Nc2ccc(N(CCOC(=O)NCC(C)(C)CC(C)CCNC(=O)Nc3nc(C)cc(=O)[nH]3)CCOC(=O)NCC(C)(C)CC(C)CCNC(=O)Nc3nc(C)cc(=O)[nH]3)cc2)cc1. The molecule has 0 aliphatic rings. The summed E-state index contributed by atoms with van der Waals surface area (Å²) in [4.78, 5) is 88.9. The predicted octanol–water partition coefficient (Wildman–Crippen LogP) is 7.98. The summed E-state index contributed by atoms with van der Waals surface area (Å²) in [5.74, 6) is 0.590. The molecule has 0 bridgehead atoms. The number of aryl methyl sites for hydroxylation is 3. The number of aromatic amines is 2. The number of rotatable bonds is 25. The van der Waals surface area contributed by atoms with E-state index in [0.717, 1.165) is 29.8 Å². The van der Waals surface area contributed by atoms with E-state index in [4.69, 9.17) is 9.47 Å². The second-order valence-electron chi connectivity index (χ2n) is 19.3. The zero-order valence-corrected chi connectivity index (χ0v) is 41.9. The Morgan fingerprint density at radius 3 is 1.43 bits per heavy atom. The molecule has 0 fully saturated rings. The fourth-order valence-electron chi connectivity index (χ4n) is 7.73. The third-order valence-corrected chi connectivity index (χ3v) is 11.0. The Kier molecular flexibility index (Phi) is 21.3. The minimum absolute atomic E-state index is 0.0564. The van der Waals surface area contributed by atoms with Gasteiger partial charge in [-0.05, 0) is 106 Å². The number of urea groups is 2. The lowest BCUT2D eigenvalue weighted by Crippen LogP contribution is -2.38. The maximum atomic E-state index is 12.9. The first-order valence-corrected chi connectivity index (χ1v) is 23.5. The molecule has 2 heterocycles. The van der Waals surface area contributed by atoms with E-state index in [1.165, 1.54) is 12.1 Å². The molecule has 0 radical (unpaired) electrons. The lowest BCUT2D eigenvalue weighted by atomic mass is 9.82. The van der Waals surface area contributed by atoms with E-state index in [1.54, 1.807) is 13.8 Å². The van der Waals surface area contributed by atoms with Gasteiger partial charge in [0.05, 0.1) is 24.5 Å². The molecule has 4 rings (SSSR count). The summed E-state index contributed by atoms with van der Waals surface area (Å²) in [6, 6.07) is 16.9. The van der Waals surface area contributed by atoms with Crippen molar-refractivity contribution in [2.45, 2.75) is 88.0 Å². The summed E-state index contributed by atoms with van der Waals surface area (Å²) in [7, 11) is 0. The number of hydrogen-bond acceptors (Lipinski definition) is 13. The molecule has 0 spiro atoms. The van der Waals surface area contributed by atoms with Crippen molar-refractivity contribution >= 4 is 53.2 Å². The van der Waals surface area contributed by atoms with Crippen LogP contribution in [0.3, 0.4) is 0 Å². The van der Waals surface area contributed by atoms with E-state index in [9.17, 15) is 28.8 Å². The number of benzene rings is 2. The molecular formula is C49H71N13O8. The molecule has 0 saturated carbocycles. The van der Waals surface area contributed by atoms with Gasteiger partial charge in [0.15, 0.2) is 0 Å². The number of anilines is 3. The highest BCUT2D eigenvalue weighted by Crippen LogP contribution is 2.28. The molecule has 21 nitrogen and oxygen atoms in total. The van der Waals surface area contributed by atoms with E-state index in [2.05, 4.69) is 104 Å². The highest BCUT2D eigenvalue weighted by Gasteiger charge is 2.24. The summed E-state index contributed by atoms with van der Waals surface area (Å²) < 4.78 is 11.2. The summed E-state index contributed by atoms with van der Waals surface area (Å²) in [6.07, 6.45) is 1.80. The summed E-state index contributed by atoms with van der Waals surface area (Å²) in [5, 5.41) is 25.1. The van der Waals surface area contributed by atoms with Gasteiger partial charge in [0.25, 0.3) is 11.1 Å². The van der Waals surface area contributed by atoms with Crippen LogP contribution in [0, 0.1) is 43.4 Å². The molecular weight excluding hydrogens is 899 g/mol. The van der Waals surface area contributed by atoms with Crippen molar-refractivity contribution in [3.05, 3.63) is 98.3 Å². The molecule has 4 aromatic rings. The molecule has 2 atom stereocenters. The van der Waals surface area contributed by atoms with Crippen molar-refractivity contribution in [3.8, 4) is 0 Å². The smallest absolute Gasteiger partial charge is 0.407 e. The third kappa shape index (κ3) is 21.8. The maximum absolute atomic E-state index is 12.9. The van der Waals surface area contributed by atoms with E-state index in [1.807, 2.05) is 60.4 Å². The molecule has 380 valence electrons. The van der Waals surface area contributed by atoms with Crippen LogP contribution in [0.25, 0.3) is 0 Å². The van der Waals surface area contributed by atoms with Crippen LogP contribution in [0.15, 0.2) is 80.5 Å². The normalized spacial score (nSPS) is 12.4. The van der Waals surface area contributed by atoms with Crippen LogP contribution in [0.5, 0.6) is 0 Å². The summed E-state index contributed by atoms with van der Waals surface area (Å²) in [5.41, 5.74) is 3.04. The molecule has 6 amide bonds. The van der Waals surface area contributed by atoms with Crippen LogP contribution in [0.1, 0.15) is 84.2 Å². The molecule has 2 unspecified atom stereocenters. The largest absolute Gasteiger partial charge is 0.448 e. The van der Waals surface area contributed by atoms with E-state index >= 15 is 0 Å². The van der Waals surface area contributed by atoms with Gasteiger partial charge in [0.1, 0.15) is 13.2 Å². The number of amides is 6. The predicted molar refractivity (Wildman–Crippen MR) is 270 cm³/mol. The molecule has 0 aliphatic heterocycles. The number of hydrogen-bond donors (Lipinski definition) is 8. The standard InChI is InChI=1S/C49H71N13O8/c1-32-10-12-37(13-11-32)60-61-38-14-16-39(17-15-38)62(22-24-69-46(67)52-30-48(6,7)28-33(2)18-20-50-44(65)58-42-54-35(4)26-40(63)56-42)23-25-70-47(68)53-31-49(8,9)29-34(3)19-21-51-45(66)59-43-55-36(5)27-41(64)57-43/h10-17,26-27,33-34H,18-25,28-31H2,1-9H3,(H,52,67)(H,53,68)(H3,50,54,56,58,63,65)(H3,51,55,57,59,64,66). The van der Waals surface area contributed by atoms with Gasteiger partial charge >= 0.3 is 24.2 Å². The number of carbonyl (C=O) groups excluding carboxylic acids is 4. The minimum Gasteiger partial charge on any atom is -0.448 e. The molecule has 8 N–H and O–H groups in total. The lowest BCUT2D eigenvalue weighted by Gasteiger charge is -2.29. The second-order valence-corrected chi connectivity index (χ2v) is 19.3. The molecule has 2 aromatic heterocycles. The Bertz CT molecular complexity index is 2350.